The SMILES string of the molecule is Cc1ccc(CCNC(=O)[C@H]2OCC(=O)N(C)[C@H]2c2ccc(Cl)cc2)o1. The zero-order chi connectivity index (χ0) is 18.7. The van der Waals surface area contributed by atoms with Crippen molar-refractivity contribution in [2.75, 3.05) is 20.2 Å². The Hall–Kier alpha value is -2.31. The zero-order valence-corrected chi connectivity index (χ0v) is 15.5. The first-order valence-electron chi connectivity index (χ1n) is 8.41. The highest BCUT2D eigenvalue weighted by atomic mass is 35.5. The van der Waals surface area contributed by atoms with Crippen LogP contribution in [0, 0.1) is 6.92 Å². The first kappa shape index (κ1) is 18.5. The molecule has 1 aliphatic heterocycles. The third-order valence-electron chi connectivity index (χ3n) is 4.42. The minimum absolute atomic E-state index is 0.115. The molecule has 26 heavy (non-hydrogen) atoms. The standard InChI is InChI=1S/C19H21ClN2O4/c1-12-3-8-15(26-12)9-10-21-19(24)18-17(22(2)16(23)11-25-18)13-4-6-14(20)7-5-13/h3-8,17-18H,9-11H2,1-2H3,(H,21,24)/t17-,18-/m0/s1. The van der Waals surface area contributed by atoms with Crippen molar-refractivity contribution in [3.8, 4) is 0 Å². The summed E-state index contributed by atoms with van der Waals surface area (Å²) in [5.74, 6) is 1.23. The van der Waals surface area contributed by atoms with Crippen LogP contribution in [0.1, 0.15) is 23.1 Å². The lowest BCUT2D eigenvalue weighted by atomic mass is 9.97. The molecule has 7 heteroatoms. The Morgan fingerprint density at radius 2 is 2.00 bits per heavy atom. The molecule has 1 aliphatic rings. The van der Waals surface area contributed by atoms with E-state index in [-0.39, 0.29) is 18.4 Å². The van der Waals surface area contributed by atoms with E-state index >= 15 is 0 Å². The molecule has 0 unspecified atom stereocenters. The number of nitrogens with one attached hydrogen (secondary N) is 1. The highest BCUT2D eigenvalue weighted by Gasteiger charge is 2.39. The molecule has 1 saturated heterocycles. The number of carbonyl (C=O) groups excluding carboxylic acids is 2. The minimum atomic E-state index is -0.780. The Morgan fingerprint density at radius 1 is 1.27 bits per heavy atom. The molecule has 2 aromatic rings. The van der Waals surface area contributed by atoms with Crippen LogP contribution in [0.5, 0.6) is 0 Å². The van der Waals surface area contributed by atoms with E-state index < -0.39 is 12.1 Å². The van der Waals surface area contributed by atoms with Crippen LogP contribution in [0.3, 0.4) is 0 Å². The summed E-state index contributed by atoms with van der Waals surface area (Å²) in [5.41, 5.74) is 0.798. The second-order valence-corrected chi connectivity index (χ2v) is 6.72. The van der Waals surface area contributed by atoms with E-state index in [0.29, 0.717) is 18.0 Å². The topological polar surface area (TPSA) is 71.8 Å². The van der Waals surface area contributed by atoms with Gasteiger partial charge in [0.05, 0.1) is 6.04 Å². The summed E-state index contributed by atoms with van der Waals surface area (Å²) in [5, 5.41) is 3.46. The van der Waals surface area contributed by atoms with Crippen molar-refractivity contribution >= 4 is 23.4 Å². The fraction of sp³-hybridized carbons (Fsp3) is 0.368. The van der Waals surface area contributed by atoms with Crippen LogP contribution in [0.15, 0.2) is 40.8 Å². The Labute approximate surface area is 157 Å². The van der Waals surface area contributed by atoms with Crippen LogP contribution in [-0.2, 0) is 20.7 Å². The summed E-state index contributed by atoms with van der Waals surface area (Å²) in [6.45, 7) is 2.19. The summed E-state index contributed by atoms with van der Waals surface area (Å²) in [6.07, 6.45) is -0.190. The number of likely N-dealkylation sites (N-methyl/N-ethyl adjacent to an activating group) is 1. The summed E-state index contributed by atoms with van der Waals surface area (Å²) in [4.78, 5) is 26.3. The van der Waals surface area contributed by atoms with Gasteiger partial charge in [0.2, 0.25) is 5.91 Å². The summed E-state index contributed by atoms with van der Waals surface area (Å²) >= 11 is 5.94. The first-order chi connectivity index (χ1) is 12.5. The van der Waals surface area contributed by atoms with Gasteiger partial charge in [-0.1, -0.05) is 23.7 Å². The number of halogens is 1. The van der Waals surface area contributed by atoms with Crippen molar-refractivity contribution in [2.45, 2.75) is 25.5 Å². The number of amides is 2. The Kier molecular flexibility index (Phi) is 5.64. The smallest absolute Gasteiger partial charge is 0.251 e. The second-order valence-electron chi connectivity index (χ2n) is 6.29. The third-order valence-corrected chi connectivity index (χ3v) is 4.67. The van der Waals surface area contributed by atoms with Crippen LogP contribution < -0.4 is 5.32 Å². The van der Waals surface area contributed by atoms with Gasteiger partial charge in [-0.05, 0) is 36.8 Å². The van der Waals surface area contributed by atoms with Gasteiger partial charge in [0, 0.05) is 25.0 Å². The normalized spacial score (nSPS) is 20.3. The number of rotatable bonds is 5. The van der Waals surface area contributed by atoms with Crippen LogP contribution in [0.2, 0.25) is 5.02 Å². The molecule has 0 bridgehead atoms. The number of ether oxygens (including phenoxy) is 1. The fourth-order valence-corrected chi connectivity index (χ4v) is 3.14. The molecule has 2 heterocycles. The van der Waals surface area contributed by atoms with E-state index in [2.05, 4.69) is 5.32 Å². The fourth-order valence-electron chi connectivity index (χ4n) is 3.02. The van der Waals surface area contributed by atoms with Crippen LogP contribution in [-0.4, -0.2) is 43.0 Å². The maximum Gasteiger partial charge on any atom is 0.251 e. The van der Waals surface area contributed by atoms with Crippen molar-refractivity contribution in [1.29, 1.82) is 0 Å². The third kappa shape index (κ3) is 4.08. The van der Waals surface area contributed by atoms with Crippen LogP contribution >= 0.6 is 11.6 Å². The van der Waals surface area contributed by atoms with Gasteiger partial charge in [0.25, 0.3) is 5.91 Å². The summed E-state index contributed by atoms with van der Waals surface area (Å²) in [7, 11) is 1.68. The van der Waals surface area contributed by atoms with E-state index in [9.17, 15) is 9.59 Å². The number of carbonyl (C=O) groups is 2. The Morgan fingerprint density at radius 3 is 2.65 bits per heavy atom. The van der Waals surface area contributed by atoms with Gasteiger partial charge < -0.3 is 19.4 Å². The molecule has 1 fully saturated rings. The minimum Gasteiger partial charge on any atom is -0.466 e. The van der Waals surface area contributed by atoms with E-state index in [0.717, 1.165) is 17.1 Å². The van der Waals surface area contributed by atoms with Crippen molar-refractivity contribution in [1.82, 2.24) is 10.2 Å². The molecule has 1 aromatic carbocycles. The van der Waals surface area contributed by atoms with Crippen molar-refractivity contribution in [3.05, 3.63) is 58.5 Å². The average Bonchev–Trinajstić information content (AvgIpc) is 3.03. The second kappa shape index (κ2) is 7.93. The molecule has 0 spiro atoms. The van der Waals surface area contributed by atoms with Gasteiger partial charge in [0.1, 0.15) is 18.1 Å². The molecular formula is C19H21ClN2O4. The van der Waals surface area contributed by atoms with Crippen molar-refractivity contribution in [3.63, 3.8) is 0 Å². The van der Waals surface area contributed by atoms with Gasteiger partial charge in [0.15, 0.2) is 6.10 Å². The van der Waals surface area contributed by atoms with E-state index in [1.54, 1.807) is 36.2 Å². The molecule has 1 aromatic heterocycles. The summed E-state index contributed by atoms with van der Waals surface area (Å²) < 4.78 is 11.1. The highest BCUT2D eigenvalue weighted by Crippen LogP contribution is 2.30. The average molecular weight is 377 g/mol. The molecular weight excluding hydrogens is 356 g/mol. The quantitative estimate of drug-likeness (QED) is 0.870. The lowest BCUT2D eigenvalue weighted by Gasteiger charge is -2.38. The number of nitrogens with zero attached hydrogens (tertiary/aromatic N) is 1. The van der Waals surface area contributed by atoms with Gasteiger partial charge in [-0.2, -0.15) is 0 Å². The van der Waals surface area contributed by atoms with Gasteiger partial charge >= 0.3 is 0 Å². The Balaban J connectivity index is 1.69. The van der Waals surface area contributed by atoms with Gasteiger partial charge in [-0.25, -0.2) is 0 Å². The predicted molar refractivity (Wildman–Crippen MR) is 96.9 cm³/mol. The Bertz CT molecular complexity index is 787. The molecule has 138 valence electrons. The molecule has 1 N–H and O–H groups in total. The predicted octanol–water partition coefficient (Wildman–Crippen LogP) is 2.50. The van der Waals surface area contributed by atoms with Crippen LogP contribution in [0.25, 0.3) is 0 Å². The van der Waals surface area contributed by atoms with Crippen LogP contribution in [0.4, 0.5) is 0 Å². The number of hydrogen-bond donors (Lipinski definition) is 1. The lowest BCUT2D eigenvalue weighted by Crippen LogP contribution is -2.53. The van der Waals surface area contributed by atoms with E-state index in [4.69, 9.17) is 20.8 Å². The summed E-state index contributed by atoms with van der Waals surface area (Å²) in [6, 6.07) is 10.4. The number of aryl methyl sites for hydroxylation is 1. The van der Waals surface area contributed by atoms with Crippen molar-refractivity contribution < 1.29 is 18.7 Å². The van der Waals surface area contributed by atoms with Crippen molar-refractivity contribution in [2.24, 2.45) is 0 Å². The first-order valence-corrected chi connectivity index (χ1v) is 8.79. The molecule has 2 amide bonds. The maximum atomic E-state index is 12.7. The molecule has 2 atom stereocenters. The number of furan rings is 1. The highest BCUT2D eigenvalue weighted by molar-refractivity contribution is 6.30. The molecule has 3 rings (SSSR count). The number of hydrogen-bond acceptors (Lipinski definition) is 4. The largest absolute Gasteiger partial charge is 0.466 e. The molecule has 0 saturated carbocycles. The molecule has 0 aliphatic carbocycles. The van der Waals surface area contributed by atoms with E-state index in [1.807, 2.05) is 19.1 Å². The lowest BCUT2D eigenvalue weighted by molar-refractivity contribution is -0.162. The number of benzene rings is 1. The van der Waals surface area contributed by atoms with E-state index in [1.165, 1.54) is 0 Å². The zero-order valence-electron chi connectivity index (χ0n) is 14.7. The monoisotopic (exact) mass is 376 g/mol. The van der Waals surface area contributed by atoms with Gasteiger partial charge in [-0.15, -0.1) is 0 Å². The molecule has 6 nitrogen and oxygen atoms in total. The molecule has 0 radical (unpaired) electrons. The maximum absolute atomic E-state index is 12.7. The van der Waals surface area contributed by atoms with Gasteiger partial charge in [-0.3, -0.25) is 9.59 Å². The number of morpholine rings is 1.